The van der Waals surface area contributed by atoms with Crippen molar-refractivity contribution in [3.8, 4) is 11.3 Å². The number of carbonyl (C=O) groups is 1. The molecule has 11 heteroatoms. The molecule has 2 aromatic heterocycles. The van der Waals surface area contributed by atoms with Gasteiger partial charge in [0.2, 0.25) is 12.3 Å². The molecule has 2 saturated heterocycles. The highest BCUT2D eigenvalue weighted by Crippen LogP contribution is 2.37. The second-order valence-corrected chi connectivity index (χ2v) is 10.4. The second-order valence-electron chi connectivity index (χ2n) is 9.60. The fourth-order valence-corrected chi connectivity index (χ4v) is 5.56. The predicted molar refractivity (Wildman–Crippen MR) is 135 cm³/mol. The van der Waals surface area contributed by atoms with E-state index in [0.29, 0.717) is 48.7 Å². The Labute approximate surface area is 218 Å². The maximum absolute atomic E-state index is 12.6. The van der Waals surface area contributed by atoms with Gasteiger partial charge in [0, 0.05) is 61.5 Å². The van der Waals surface area contributed by atoms with Crippen LogP contribution in [0.3, 0.4) is 0 Å². The van der Waals surface area contributed by atoms with Crippen molar-refractivity contribution in [2.45, 2.75) is 19.9 Å². The molecule has 0 saturated carbocycles. The molecule has 9 nitrogen and oxygen atoms in total. The largest absolute Gasteiger partial charge is 0.380 e. The topological polar surface area (TPSA) is 89.5 Å². The monoisotopic (exact) mass is 528 g/mol. The highest BCUT2D eigenvalue weighted by molar-refractivity contribution is 6.36. The molecular formula is C25H26Cl2N6O3. The van der Waals surface area contributed by atoms with E-state index in [2.05, 4.69) is 32.7 Å². The Morgan fingerprint density at radius 2 is 1.97 bits per heavy atom. The normalized spacial score (nSPS) is 20.7. The number of aromatic nitrogens is 4. The number of ether oxygens (including phenoxy) is 1. The molecule has 0 spiro atoms. The summed E-state index contributed by atoms with van der Waals surface area (Å²) in [4.78, 5) is 26.3. The van der Waals surface area contributed by atoms with Crippen molar-refractivity contribution in [3.05, 3.63) is 52.0 Å². The third kappa shape index (κ3) is 4.34. The van der Waals surface area contributed by atoms with E-state index < -0.39 is 0 Å². The average Bonchev–Trinajstić information content (AvgIpc) is 3.46. The molecule has 188 valence electrons. The molecule has 1 unspecified atom stereocenters. The molecule has 0 N–H and O–H groups in total. The highest BCUT2D eigenvalue weighted by Gasteiger charge is 2.33. The molecule has 1 atom stereocenters. The van der Waals surface area contributed by atoms with Crippen LogP contribution in [0, 0.1) is 11.8 Å². The first-order valence-corrected chi connectivity index (χ1v) is 12.9. The summed E-state index contributed by atoms with van der Waals surface area (Å²) in [5.74, 6) is 1.96. The van der Waals surface area contributed by atoms with Crippen LogP contribution in [0.15, 0.2) is 29.1 Å². The van der Waals surface area contributed by atoms with Crippen LogP contribution in [0.1, 0.15) is 24.3 Å². The summed E-state index contributed by atoms with van der Waals surface area (Å²) >= 11 is 12.8. The van der Waals surface area contributed by atoms with Gasteiger partial charge in [-0.1, -0.05) is 35.3 Å². The molecule has 2 fully saturated rings. The van der Waals surface area contributed by atoms with Crippen molar-refractivity contribution in [1.82, 2.24) is 29.5 Å². The van der Waals surface area contributed by atoms with Gasteiger partial charge in [0.15, 0.2) is 5.82 Å². The van der Waals surface area contributed by atoms with Gasteiger partial charge in [-0.05, 0) is 24.1 Å². The van der Waals surface area contributed by atoms with Crippen LogP contribution in [-0.4, -0.2) is 74.8 Å². The van der Waals surface area contributed by atoms with Crippen molar-refractivity contribution < 1.29 is 14.1 Å². The van der Waals surface area contributed by atoms with Gasteiger partial charge in [-0.15, -0.1) is 0 Å². The average molecular weight is 529 g/mol. The predicted octanol–water partition coefficient (Wildman–Crippen LogP) is 3.72. The lowest BCUT2D eigenvalue weighted by atomic mass is 9.95. The van der Waals surface area contributed by atoms with E-state index in [0.717, 1.165) is 47.9 Å². The summed E-state index contributed by atoms with van der Waals surface area (Å²) < 4.78 is 12.4. The van der Waals surface area contributed by atoms with Crippen molar-refractivity contribution in [2.75, 3.05) is 39.4 Å². The Morgan fingerprint density at radius 1 is 1.17 bits per heavy atom. The lowest BCUT2D eigenvalue weighted by Crippen LogP contribution is -2.53. The zero-order valence-corrected chi connectivity index (χ0v) is 21.4. The Morgan fingerprint density at radius 3 is 2.64 bits per heavy atom. The molecule has 0 bridgehead atoms. The van der Waals surface area contributed by atoms with Crippen LogP contribution in [-0.2, 0) is 22.5 Å². The summed E-state index contributed by atoms with van der Waals surface area (Å²) in [7, 11) is 0. The lowest BCUT2D eigenvalue weighted by Gasteiger charge is -2.38. The van der Waals surface area contributed by atoms with E-state index >= 15 is 0 Å². The first-order chi connectivity index (χ1) is 17.5. The van der Waals surface area contributed by atoms with Gasteiger partial charge in [0.1, 0.15) is 5.82 Å². The summed E-state index contributed by atoms with van der Waals surface area (Å²) in [6.45, 7) is 6.86. The quantitative estimate of drug-likeness (QED) is 0.498. The molecule has 1 amide bonds. The summed E-state index contributed by atoms with van der Waals surface area (Å²) in [5, 5.41) is 5.21. The number of hydrogen-bond donors (Lipinski definition) is 0. The zero-order valence-electron chi connectivity index (χ0n) is 19.9. The van der Waals surface area contributed by atoms with Crippen LogP contribution < -0.4 is 0 Å². The zero-order chi connectivity index (χ0) is 24.8. The van der Waals surface area contributed by atoms with Crippen molar-refractivity contribution in [3.63, 3.8) is 0 Å². The molecule has 3 aliphatic rings. The fraction of sp³-hybridized carbons (Fsp3) is 0.440. The van der Waals surface area contributed by atoms with E-state index in [4.69, 9.17) is 37.4 Å². The van der Waals surface area contributed by atoms with Crippen molar-refractivity contribution in [2.24, 2.45) is 11.8 Å². The molecule has 36 heavy (non-hydrogen) atoms. The number of halogens is 2. The molecule has 6 rings (SSSR count). The third-order valence-electron chi connectivity index (χ3n) is 7.22. The fourth-order valence-electron chi connectivity index (χ4n) is 5.06. The van der Waals surface area contributed by atoms with E-state index in [1.54, 1.807) is 6.07 Å². The minimum atomic E-state index is 0.0211. The van der Waals surface area contributed by atoms with Crippen LogP contribution in [0.25, 0.3) is 23.0 Å². The van der Waals surface area contributed by atoms with E-state index in [-0.39, 0.29) is 17.7 Å². The lowest BCUT2D eigenvalue weighted by molar-refractivity contribution is -0.151. The number of piperazine rings is 1. The molecule has 0 radical (unpaired) electrons. The molecule has 0 aliphatic carbocycles. The first kappa shape index (κ1) is 23.7. The Balaban J connectivity index is 1.33. The minimum Gasteiger partial charge on any atom is -0.380 e. The second kappa shape index (κ2) is 9.63. The number of imidazole rings is 1. The van der Waals surface area contributed by atoms with Gasteiger partial charge in [-0.25, -0.2) is 4.98 Å². The summed E-state index contributed by atoms with van der Waals surface area (Å²) in [6, 6.07) is 5.51. The number of benzene rings is 1. The first-order valence-electron chi connectivity index (χ1n) is 12.1. The Hall–Kier alpha value is -2.72. The molecular weight excluding hydrogens is 503 g/mol. The minimum absolute atomic E-state index is 0.0211. The van der Waals surface area contributed by atoms with Crippen molar-refractivity contribution in [1.29, 1.82) is 0 Å². The van der Waals surface area contributed by atoms with E-state index in [9.17, 15) is 4.79 Å². The third-order valence-corrected chi connectivity index (χ3v) is 7.77. The highest BCUT2D eigenvalue weighted by atomic mass is 35.5. The number of hydrogen-bond acceptors (Lipinski definition) is 7. The van der Waals surface area contributed by atoms with Crippen LogP contribution >= 0.6 is 23.2 Å². The van der Waals surface area contributed by atoms with Gasteiger partial charge in [0.05, 0.1) is 35.5 Å². The van der Waals surface area contributed by atoms with Gasteiger partial charge in [0.25, 0.3) is 0 Å². The number of allylic oxidation sites excluding steroid dienone is 1. The number of rotatable bonds is 5. The number of amides is 1. The van der Waals surface area contributed by atoms with Gasteiger partial charge in [-0.2, -0.15) is 4.98 Å². The van der Waals surface area contributed by atoms with E-state index in [1.165, 1.54) is 6.39 Å². The van der Waals surface area contributed by atoms with Crippen LogP contribution in [0.2, 0.25) is 10.0 Å². The summed E-state index contributed by atoms with van der Waals surface area (Å²) in [5.41, 5.74) is 3.73. The van der Waals surface area contributed by atoms with Crippen LogP contribution in [0.5, 0.6) is 0 Å². The molecule has 3 aromatic rings. The number of fused-ring (bicyclic) bond motifs is 1. The SMILES string of the molecule is CC1Cc2nc(-c3ccc(Cl)cc3Cl)c(CN3CCN(C(=O)C4COC4)CC3)n2C=C1c1ncon1. The Bertz CT molecular complexity index is 1310. The van der Waals surface area contributed by atoms with E-state index in [1.807, 2.05) is 17.0 Å². The number of carbonyl (C=O) groups excluding carboxylic acids is 1. The molecule has 1 aromatic carbocycles. The number of nitrogens with zero attached hydrogens (tertiary/aromatic N) is 6. The van der Waals surface area contributed by atoms with Gasteiger partial charge in [-0.3, -0.25) is 9.69 Å². The molecule has 5 heterocycles. The van der Waals surface area contributed by atoms with Crippen LogP contribution in [0.4, 0.5) is 0 Å². The maximum atomic E-state index is 12.6. The summed E-state index contributed by atoms with van der Waals surface area (Å²) in [6.07, 6.45) is 4.16. The van der Waals surface area contributed by atoms with Gasteiger partial charge < -0.3 is 18.7 Å². The Kier molecular flexibility index (Phi) is 6.33. The van der Waals surface area contributed by atoms with Crippen molar-refractivity contribution >= 4 is 40.9 Å². The smallest absolute Gasteiger partial charge is 0.230 e. The standard InChI is InChI=1S/C25H26Cl2N6O3/c1-15-8-22-29-23(18-3-2-17(26)9-20(18)27)21(33(22)10-19(15)24-28-14-36-30-24)11-31-4-6-32(7-5-31)25(34)16-12-35-13-16/h2-3,9-10,14-16H,4-8,11-13H2,1H3. The maximum Gasteiger partial charge on any atom is 0.230 e. The molecule has 3 aliphatic heterocycles. The van der Waals surface area contributed by atoms with Gasteiger partial charge >= 0.3 is 0 Å².